The number of fused-ring (bicyclic) bond motifs is 1. The Morgan fingerprint density at radius 2 is 1.85 bits per heavy atom. The molecular weight excluding hydrogens is 639 g/mol. The number of halogens is 1. The Morgan fingerprint density at radius 3 is 2.62 bits per heavy atom. The normalized spacial score (nSPS) is 15.3. The number of amidine groups is 1. The molecule has 9 heteroatoms. The zero-order valence-electron chi connectivity index (χ0n) is 21.8. The van der Waals surface area contributed by atoms with E-state index < -0.39 is 5.97 Å². The number of carbonyl (C=O) groups is 2. The average Bonchev–Trinajstić information content (AvgIpc) is 3.25. The molecular formula is C31H25IN2O5S. The number of carbonyl (C=O) groups excluding carboxylic acids is 1. The van der Waals surface area contributed by atoms with Crippen LogP contribution in [0.3, 0.4) is 0 Å². The van der Waals surface area contributed by atoms with Crippen molar-refractivity contribution >= 4 is 73.9 Å². The summed E-state index contributed by atoms with van der Waals surface area (Å²) in [4.78, 5) is 31.2. The number of carboxylic acid groups (broad SMARTS) is 1. The number of aliphatic imine (C=N–C) groups is 1. The maximum atomic E-state index is 13.2. The van der Waals surface area contributed by atoms with E-state index in [2.05, 4.69) is 51.8 Å². The molecule has 0 aliphatic carbocycles. The van der Waals surface area contributed by atoms with Crippen LogP contribution in [0.25, 0.3) is 16.8 Å². The fourth-order valence-electron chi connectivity index (χ4n) is 4.37. The molecule has 7 nitrogen and oxygen atoms in total. The summed E-state index contributed by atoms with van der Waals surface area (Å²) in [5.74, 6) is 0.0182. The molecule has 1 aliphatic rings. The van der Waals surface area contributed by atoms with Crippen molar-refractivity contribution in [3.63, 3.8) is 0 Å². The molecule has 0 unspecified atom stereocenters. The van der Waals surface area contributed by atoms with Crippen LogP contribution in [-0.2, 0) is 11.4 Å². The zero-order chi connectivity index (χ0) is 28.2. The number of likely N-dealkylation sites (N-methyl/N-ethyl adjacent to an activating group) is 1. The molecule has 0 bridgehead atoms. The second-order valence-corrected chi connectivity index (χ2v) is 11.0. The van der Waals surface area contributed by atoms with Crippen molar-refractivity contribution in [1.82, 2.24) is 4.90 Å². The number of rotatable bonds is 8. The van der Waals surface area contributed by atoms with Crippen molar-refractivity contribution in [2.45, 2.75) is 13.5 Å². The second-order valence-electron chi connectivity index (χ2n) is 8.87. The third-order valence-corrected chi connectivity index (χ3v) is 8.13. The van der Waals surface area contributed by atoms with Gasteiger partial charge in [-0.15, -0.1) is 0 Å². The molecule has 0 atom stereocenters. The molecule has 0 spiro atoms. The minimum Gasteiger partial charge on any atom is -0.493 e. The van der Waals surface area contributed by atoms with Gasteiger partial charge in [0.05, 0.1) is 26.8 Å². The second kappa shape index (κ2) is 12.1. The van der Waals surface area contributed by atoms with Crippen molar-refractivity contribution in [3.05, 3.63) is 104 Å². The van der Waals surface area contributed by atoms with Crippen molar-refractivity contribution < 1.29 is 24.2 Å². The highest BCUT2D eigenvalue weighted by molar-refractivity contribution is 14.1. The number of benzene rings is 4. The van der Waals surface area contributed by atoms with Gasteiger partial charge in [-0.05, 0) is 99.6 Å². The third-order valence-electron chi connectivity index (χ3n) is 6.32. The Hall–Kier alpha value is -3.83. The molecule has 4 aromatic carbocycles. The van der Waals surface area contributed by atoms with Crippen LogP contribution in [0.15, 0.2) is 88.8 Å². The van der Waals surface area contributed by atoms with Gasteiger partial charge in [-0.3, -0.25) is 9.69 Å². The van der Waals surface area contributed by atoms with E-state index in [1.54, 1.807) is 24.1 Å². The highest BCUT2D eigenvalue weighted by Crippen LogP contribution is 2.38. The van der Waals surface area contributed by atoms with Gasteiger partial charge in [-0.25, -0.2) is 9.79 Å². The highest BCUT2D eigenvalue weighted by atomic mass is 127. The van der Waals surface area contributed by atoms with Gasteiger partial charge in [0.15, 0.2) is 16.7 Å². The van der Waals surface area contributed by atoms with Crippen LogP contribution in [0, 0.1) is 3.57 Å². The first-order valence-corrected chi connectivity index (χ1v) is 14.4. The number of carboxylic acids is 1. The zero-order valence-corrected chi connectivity index (χ0v) is 24.7. The molecule has 1 saturated heterocycles. The minimum absolute atomic E-state index is 0.138. The molecule has 1 amide bonds. The maximum absolute atomic E-state index is 13.2. The predicted octanol–water partition coefficient (Wildman–Crippen LogP) is 7.35. The number of methoxy groups -OCH3 is 1. The van der Waals surface area contributed by atoms with Gasteiger partial charge in [0, 0.05) is 6.54 Å². The summed E-state index contributed by atoms with van der Waals surface area (Å²) in [5.41, 5.74) is 2.48. The minimum atomic E-state index is -1.03. The van der Waals surface area contributed by atoms with E-state index in [1.807, 2.05) is 43.3 Å². The average molecular weight is 665 g/mol. The first-order valence-electron chi connectivity index (χ1n) is 12.5. The van der Waals surface area contributed by atoms with Gasteiger partial charge in [0.2, 0.25) is 0 Å². The van der Waals surface area contributed by atoms with Gasteiger partial charge in [0.25, 0.3) is 5.91 Å². The van der Waals surface area contributed by atoms with E-state index in [1.165, 1.54) is 23.9 Å². The number of ether oxygens (including phenoxy) is 2. The molecule has 4 aromatic rings. The molecule has 1 heterocycles. The highest BCUT2D eigenvalue weighted by Gasteiger charge is 2.32. The topological polar surface area (TPSA) is 88.4 Å². The van der Waals surface area contributed by atoms with Gasteiger partial charge in [0.1, 0.15) is 6.61 Å². The third kappa shape index (κ3) is 5.85. The number of thioether (sulfide) groups is 1. The van der Waals surface area contributed by atoms with Crippen LogP contribution in [0.2, 0.25) is 0 Å². The van der Waals surface area contributed by atoms with Gasteiger partial charge < -0.3 is 14.6 Å². The first kappa shape index (κ1) is 27.7. The molecule has 202 valence electrons. The van der Waals surface area contributed by atoms with Crippen LogP contribution in [0.5, 0.6) is 11.5 Å². The molecule has 0 radical (unpaired) electrons. The van der Waals surface area contributed by atoms with Gasteiger partial charge in [-0.2, -0.15) is 0 Å². The Labute approximate surface area is 249 Å². The fourth-order valence-corrected chi connectivity index (χ4v) is 6.22. The van der Waals surface area contributed by atoms with Crippen molar-refractivity contribution in [2.24, 2.45) is 4.99 Å². The van der Waals surface area contributed by atoms with E-state index in [-0.39, 0.29) is 11.5 Å². The van der Waals surface area contributed by atoms with Crippen molar-refractivity contribution in [2.75, 3.05) is 13.7 Å². The van der Waals surface area contributed by atoms with E-state index in [4.69, 9.17) is 9.47 Å². The number of hydrogen-bond donors (Lipinski definition) is 1. The van der Waals surface area contributed by atoms with Crippen LogP contribution in [0.4, 0.5) is 5.69 Å². The van der Waals surface area contributed by atoms with Crippen molar-refractivity contribution in [1.29, 1.82) is 0 Å². The Bertz CT molecular complexity index is 1680. The molecule has 1 fully saturated rings. The lowest BCUT2D eigenvalue weighted by atomic mass is 10.1. The number of hydrogen-bond acceptors (Lipinski definition) is 6. The standard InChI is InChI=1S/C31H25IN2O5S/c1-3-34-29(35)27(40-31(34)33-23-12-7-10-21(17-23)30(36)37)16-19-14-25(32)28(26(15-19)38-2)39-18-22-11-6-9-20-8-4-5-13-24(20)22/h4-17H,3,18H2,1-2H3,(H,36,37)/b27-16-,33-31?. The first-order chi connectivity index (χ1) is 19.4. The van der Waals surface area contributed by atoms with E-state index in [0.717, 1.165) is 25.5 Å². The Morgan fingerprint density at radius 1 is 1.07 bits per heavy atom. The summed E-state index contributed by atoms with van der Waals surface area (Å²) < 4.78 is 12.8. The smallest absolute Gasteiger partial charge is 0.335 e. The molecule has 40 heavy (non-hydrogen) atoms. The van der Waals surface area contributed by atoms with Crippen molar-refractivity contribution in [3.8, 4) is 11.5 Å². The molecule has 1 N–H and O–H groups in total. The molecule has 1 aliphatic heterocycles. The summed E-state index contributed by atoms with van der Waals surface area (Å²) in [6.45, 7) is 2.69. The summed E-state index contributed by atoms with van der Waals surface area (Å²) in [7, 11) is 1.59. The van der Waals surface area contributed by atoms with E-state index >= 15 is 0 Å². The SMILES string of the molecule is CCN1C(=O)/C(=C/c2cc(I)c(OCc3cccc4ccccc34)c(OC)c2)SC1=Nc1cccc(C(=O)O)c1. The van der Waals surface area contributed by atoms with Crippen LogP contribution in [0.1, 0.15) is 28.4 Å². The summed E-state index contributed by atoms with van der Waals surface area (Å²) in [6.07, 6.45) is 1.81. The van der Waals surface area contributed by atoms with Gasteiger partial charge in [-0.1, -0.05) is 48.5 Å². The molecule has 0 aromatic heterocycles. The summed E-state index contributed by atoms with van der Waals surface area (Å²) >= 11 is 3.47. The Balaban J connectivity index is 1.41. The quantitative estimate of drug-likeness (QED) is 0.157. The number of nitrogens with zero attached hydrogens (tertiary/aromatic N) is 2. The number of aromatic carboxylic acids is 1. The lowest BCUT2D eigenvalue weighted by molar-refractivity contribution is -0.122. The predicted molar refractivity (Wildman–Crippen MR) is 167 cm³/mol. The van der Waals surface area contributed by atoms with E-state index in [9.17, 15) is 14.7 Å². The van der Waals surface area contributed by atoms with Crippen LogP contribution < -0.4 is 9.47 Å². The lowest BCUT2D eigenvalue weighted by Crippen LogP contribution is -2.28. The lowest BCUT2D eigenvalue weighted by Gasteiger charge is -2.15. The number of amides is 1. The fraction of sp³-hybridized carbons (Fsp3) is 0.129. The molecule has 5 rings (SSSR count). The molecule has 0 saturated carbocycles. The maximum Gasteiger partial charge on any atom is 0.335 e. The Kier molecular flexibility index (Phi) is 8.41. The summed E-state index contributed by atoms with van der Waals surface area (Å²) in [5, 5.41) is 12.1. The van der Waals surface area contributed by atoms with Crippen LogP contribution >= 0.6 is 34.4 Å². The van der Waals surface area contributed by atoms with Gasteiger partial charge >= 0.3 is 5.97 Å². The van der Waals surface area contributed by atoms with Crippen LogP contribution in [-0.4, -0.2) is 40.7 Å². The summed E-state index contributed by atoms with van der Waals surface area (Å²) in [6, 6.07) is 24.5. The monoisotopic (exact) mass is 664 g/mol. The largest absolute Gasteiger partial charge is 0.493 e. The van der Waals surface area contributed by atoms with E-state index in [0.29, 0.717) is 40.4 Å².